The summed E-state index contributed by atoms with van der Waals surface area (Å²) in [7, 11) is -0.472. The second-order valence-corrected chi connectivity index (χ2v) is 6.78. The lowest BCUT2D eigenvalue weighted by molar-refractivity contribution is -0.0436. The van der Waals surface area contributed by atoms with E-state index in [2.05, 4.69) is 0 Å². The maximum Gasteiger partial charge on any atom is 0.495 e. The molecule has 1 aromatic rings. The van der Waals surface area contributed by atoms with Crippen molar-refractivity contribution in [2.75, 3.05) is 13.2 Å². The minimum absolute atomic E-state index is 0.0244. The van der Waals surface area contributed by atoms with Crippen LogP contribution >= 0.6 is 0 Å². The summed E-state index contributed by atoms with van der Waals surface area (Å²) in [6, 6.07) is 5.70. The maximum atomic E-state index is 9.38. The van der Waals surface area contributed by atoms with Crippen LogP contribution in [-0.2, 0) is 25.4 Å². The maximum absolute atomic E-state index is 9.38. The topological polar surface area (TPSA) is 57.2 Å². The molecule has 22 heavy (non-hydrogen) atoms. The third kappa shape index (κ3) is 2.70. The molecule has 2 aliphatic rings. The largest absolute Gasteiger partial charge is 0.495 e. The van der Waals surface area contributed by atoms with Gasteiger partial charge >= 0.3 is 7.12 Å². The van der Waals surface area contributed by atoms with Gasteiger partial charge in [-0.15, -0.1) is 0 Å². The Kier molecular flexibility index (Phi) is 4.08. The summed E-state index contributed by atoms with van der Waals surface area (Å²) in [6.07, 6.45) is -0.430. The van der Waals surface area contributed by atoms with Gasteiger partial charge in [-0.25, -0.2) is 0 Å². The minimum atomic E-state index is -0.472. The van der Waals surface area contributed by atoms with Gasteiger partial charge < -0.3 is 23.9 Å². The van der Waals surface area contributed by atoms with E-state index in [0.717, 1.165) is 16.6 Å². The number of rotatable bonds is 3. The molecule has 2 saturated heterocycles. The number of benzene rings is 1. The van der Waals surface area contributed by atoms with Crippen LogP contribution in [0.1, 0.15) is 45.1 Å². The quantitative estimate of drug-likeness (QED) is 0.858. The van der Waals surface area contributed by atoms with Crippen molar-refractivity contribution >= 4 is 12.6 Å². The monoisotopic (exact) mass is 306 g/mol. The molecule has 5 nitrogen and oxygen atoms in total. The van der Waals surface area contributed by atoms with Crippen LogP contribution in [0.15, 0.2) is 18.2 Å². The van der Waals surface area contributed by atoms with Crippen LogP contribution in [0.3, 0.4) is 0 Å². The summed E-state index contributed by atoms with van der Waals surface area (Å²) in [4.78, 5) is 0. The van der Waals surface area contributed by atoms with Crippen LogP contribution in [0.2, 0.25) is 0 Å². The summed E-state index contributed by atoms with van der Waals surface area (Å²) >= 11 is 0. The fraction of sp³-hybridized carbons (Fsp3) is 0.625. The highest BCUT2D eigenvalue weighted by atomic mass is 16.7. The molecule has 0 radical (unpaired) electrons. The van der Waals surface area contributed by atoms with Crippen LogP contribution in [0.4, 0.5) is 0 Å². The molecule has 2 fully saturated rings. The summed E-state index contributed by atoms with van der Waals surface area (Å²) in [5, 5.41) is 9.38. The molecule has 0 atom stereocenters. The van der Waals surface area contributed by atoms with Gasteiger partial charge in [-0.05, 0) is 44.8 Å². The number of aliphatic hydroxyl groups is 1. The first-order chi connectivity index (χ1) is 10.3. The third-order valence-corrected chi connectivity index (χ3v) is 4.72. The highest BCUT2D eigenvalue weighted by Crippen LogP contribution is 2.37. The normalized spacial score (nSPS) is 24.1. The van der Waals surface area contributed by atoms with Crippen molar-refractivity contribution in [1.82, 2.24) is 0 Å². The third-order valence-electron chi connectivity index (χ3n) is 4.72. The van der Waals surface area contributed by atoms with E-state index in [1.54, 1.807) is 0 Å². The second kappa shape index (κ2) is 5.62. The highest BCUT2D eigenvalue weighted by Gasteiger charge is 2.52. The smallest absolute Gasteiger partial charge is 0.399 e. The van der Waals surface area contributed by atoms with Crippen LogP contribution in [0.25, 0.3) is 0 Å². The Labute approximate surface area is 131 Å². The van der Waals surface area contributed by atoms with E-state index in [1.165, 1.54) is 0 Å². The van der Waals surface area contributed by atoms with Gasteiger partial charge in [-0.2, -0.15) is 0 Å². The number of ether oxygens (including phenoxy) is 2. The first-order valence-corrected chi connectivity index (χ1v) is 7.66. The molecule has 1 aromatic carbocycles. The lowest BCUT2D eigenvalue weighted by atomic mass is 9.75. The Hall–Kier alpha value is -0.915. The van der Waals surface area contributed by atoms with Gasteiger partial charge in [0.15, 0.2) is 6.29 Å². The zero-order valence-corrected chi connectivity index (χ0v) is 13.6. The standard InChI is InChI=1S/C16H23BO5/c1-15(2)16(3,4)22-17(21-15)13-6-5-11(10-18)9-12(13)14-19-7-8-20-14/h5-6,9,14,18H,7-8,10H2,1-4H3. The zero-order chi connectivity index (χ0) is 16.0. The fourth-order valence-electron chi connectivity index (χ4n) is 2.65. The van der Waals surface area contributed by atoms with Gasteiger partial charge in [0.25, 0.3) is 0 Å². The first kappa shape index (κ1) is 16.0. The Balaban J connectivity index is 1.97. The Morgan fingerprint density at radius 3 is 2.23 bits per heavy atom. The molecule has 6 heteroatoms. The molecule has 0 amide bonds. The molecule has 2 heterocycles. The van der Waals surface area contributed by atoms with Crippen LogP contribution in [0.5, 0.6) is 0 Å². The lowest BCUT2D eigenvalue weighted by Gasteiger charge is -2.32. The van der Waals surface area contributed by atoms with E-state index in [0.29, 0.717) is 13.2 Å². The fourth-order valence-corrected chi connectivity index (χ4v) is 2.65. The number of hydrogen-bond acceptors (Lipinski definition) is 5. The summed E-state index contributed by atoms with van der Waals surface area (Å²) in [5.41, 5.74) is 1.77. The van der Waals surface area contributed by atoms with Crippen molar-refractivity contribution in [1.29, 1.82) is 0 Å². The Morgan fingerprint density at radius 2 is 1.68 bits per heavy atom. The molecular weight excluding hydrogens is 283 g/mol. The first-order valence-electron chi connectivity index (χ1n) is 7.66. The predicted octanol–water partition coefficient (Wildman–Crippen LogP) is 1.52. The van der Waals surface area contributed by atoms with Gasteiger partial charge in [-0.3, -0.25) is 0 Å². The van der Waals surface area contributed by atoms with E-state index in [-0.39, 0.29) is 6.61 Å². The van der Waals surface area contributed by atoms with Crippen molar-refractivity contribution < 1.29 is 23.9 Å². The Bertz CT molecular complexity index is 535. The van der Waals surface area contributed by atoms with E-state index in [4.69, 9.17) is 18.8 Å². The summed E-state index contributed by atoms with van der Waals surface area (Å²) in [6.45, 7) is 9.21. The van der Waals surface area contributed by atoms with Gasteiger partial charge in [0.05, 0.1) is 31.0 Å². The van der Waals surface area contributed by atoms with Crippen LogP contribution in [0, 0.1) is 0 Å². The average Bonchev–Trinajstić information content (AvgIpc) is 3.05. The predicted molar refractivity (Wildman–Crippen MR) is 82.7 cm³/mol. The average molecular weight is 306 g/mol. The Morgan fingerprint density at radius 1 is 1.09 bits per heavy atom. The molecule has 0 bridgehead atoms. The van der Waals surface area contributed by atoms with E-state index in [1.807, 2.05) is 45.9 Å². The van der Waals surface area contributed by atoms with Gasteiger partial charge in [0.2, 0.25) is 0 Å². The van der Waals surface area contributed by atoms with E-state index in [9.17, 15) is 5.11 Å². The van der Waals surface area contributed by atoms with Crippen molar-refractivity contribution in [3.63, 3.8) is 0 Å². The van der Waals surface area contributed by atoms with Crippen molar-refractivity contribution in [3.05, 3.63) is 29.3 Å². The SMILES string of the molecule is CC1(C)OB(c2ccc(CO)cc2C2OCCO2)OC1(C)C. The van der Waals surface area contributed by atoms with E-state index < -0.39 is 24.6 Å². The molecule has 2 aliphatic heterocycles. The summed E-state index contributed by atoms with van der Waals surface area (Å²) < 4.78 is 23.5. The van der Waals surface area contributed by atoms with Crippen molar-refractivity contribution in [2.24, 2.45) is 0 Å². The van der Waals surface area contributed by atoms with Crippen LogP contribution in [-0.4, -0.2) is 36.6 Å². The van der Waals surface area contributed by atoms with Crippen molar-refractivity contribution in [3.8, 4) is 0 Å². The van der Waals surface area contributed by atoms with Crippen LogP contribution < -0.4 is 5.46 Å². The molecule has 0 aliphatic carbocycles. The zero-order valence-electron chi connectivity index (χ0n) is 13.6. The molecule has 0 spiro atoms. The van der Waals surface area contributed by atoms with Crippen molar-refractivity contribution in [2.45, 2.75) is 51.8 Å². The highest BCUT2D eigenvalue weighted by molar-refractivity contribution is 6.62. The minimum Gasteiger partial charge on any atom is -0.399 e. The molecule has 0 saturated carbocycles. The van der Waals surface area contributed by atoms with Gasteiger partial charge in [0, 0.05) is 5.56 Å². The molecule has 3 rings (SSSR count). The molecule has 1 N–H and O–H groups in total. The molecule has 0 unspecified atom stereocenters. The molecular formula is C16H23BO5. The molecule has 0 aromatic heterocycles. The van der Waals surface area contributed by atoms with Gasteiger partial charge in [-0.1, -0.05) is 12.1 Å². The van der Waals surface area contributed by atoms with Gasteiger partial charge in [0.1, 0.15) is 0 Å². The lowest BCUT2D eigenvalue weighted by Crippen LogP contribution is -2.41. The number of aliphatic hydroxyl groups excluding tert-OH is 1. The van der Waals surface area contributed by atoms with E-state index >= 15 is 0 Å². The molecule has 120 valence electrons. The number of hydrogen-bond donors (Lipinski definition) is 1. The second-order valence-electron chi connectivity index (χ2n) is 6.78. The summed E-state index contributed by atoms with van der Waals surface area (Å²) in [5.74, 6) is 0.